The van der Waals surface area contributed by atoms with E-state index in [1.807, 2.05) is 13.8 Å². The molecular formula is C37H41Cl2SiZr. The van der Waals surface area contributed by atoms with Gasteiger partial charge in [0.25, 0.3) is 0 Å². The van der Waals surface area contributed by atoms with Gasteiger partial charge in [-0.3, -0.25) is 0 Å². The summed E-state index contributed by atoms with van der Waals surface area (Å²) in [5, 5.41) is 0. The fourth-order valence-electron chi connectivity index (χ4n) is 6.73. The molecule has 211 valence electrons. The number of rotatable bonds is 7. The van der Waals surface area contributed by atoms with E-state index in [1.165, 1.54) is 46.2 Å². The van der Waals surface area contributed by atoms with Gasteiger partial charge in [-0.2, -0.15) is 0 Å². The Hall–Kier alpha value is -1.96. The van der Waals surface area contributed by atoms with Crippen molar-refractivity contribution >= 4 is 18.8 Å². The minimum absolute atomic E-state index is 0. The molecule has 2 aliphatic rings. The summed E-state index contributed by atoms with van der Waals surface area (Å²) in [6.07, 6.45) is 7.53. The van der Waals surface area contributed by atoms with Gasteiger partial charge in [-0.15, -0.1) is 0 Å². The predicted molar refractivity (Wildman–Crippen MR) is 172 cm³/mol. The molecule has 0 aromatic heterocycles. The second kappa shape index (κ2) is 15.5. The Balaban J connectivity index is 0.00000113. The number of allylic oxidation sites excluding steroid dienone is 2. The monoisotopic (exact) mass is 673 g/mol. The summed E-state index contributed by atoms with van der Waals surface area (Å²) in [5.41, 5.74) is 15.2. The second-order valence-electron chi connectivity index (χ2n) is 10.3. The molecule has 0 spiro atoms. The minimum atomic E-state index is -1.94. The molecule has 41 heavy (non-hydrogen) atoms. The second-order valence-corrected chi connectivity index (χ2v) is 26.7. The smallest absolute Gasteiger partial charge is 1.00 e. The standard InChI is InChI=1S/2C17H15.C2H6.CH5Si.2ClH.Zr/c2*1-2-13-11-15-9-6-10-16(17(15)12-13)14-7-4-3-5-8-14;2*1-2;;;/h2*3-12H,2H2,1H3;1-2H3;2H2,1H3;2*1H;/q;;;;;;+2/p-2. The van der Waals surface area contributed by atoms with Gasteiger partial charge in [-0.25, -0.2) is 0 Å². The molecule has 0 nitrogen and oxygen atoms in total. The van der Waals surface area contributed by atoms with Crippen LogP contribution in [0.3, 0.4) is 0 Å². The van der Waals surface area contributed by atoms with Gasteiger partial charge < -0.3 is 24.8 Å². The molecule has 0 saturated heterocycles. The molecule has 6 rings (SSSR count). The van der Waals surface area contributed by atoms with Crippen LogP contribution in [0.2, 0.25) is 6.55 Å². The largest absolute Gasteiger partial charge is 1.00 e. The first-order chi connectivity index (χ1) is 19.2. The van der Waals surface area contributed by atoms with E-state index < -0.39 is 20.9 Å². The van der Waals surface area contributed by atoms with Crippen molar-refractivity contribution in [1.82, 2.24) is 0 Å². The summed E-state index contributed by atoms with van der Waals surface area (Å²) < 4.78 is 1.43. The van der Waals surface area contributed by atoms with Gasteiger partial charge >= 0.3 is 233 Å². The van der Waals surface area contributed by atoms with Crippen LogP contribution in [-0.2, 0) is 20.9 Å². The SMILES string of the molecule is CC.CCC1=Cc2c(-c3ccccc3)cccc2[CH]1[Zr+2]([SiH2]C)[CH]1C(CC)=Cc2c(-c3ccccc3)cccc21.[Cl-].[Cl-]. The zero-order valence-corrected chi connectivity index (χ0v) is 30.3. The molecule has 0 heterocycles. The Bertz CT molecular complexity index is 1380. The van der Waals surface area contributed by atoms with Gasteiger partial charge in [0.15, 0.2) is 0 Å². The maximum Gasteiger partial charge on any atom is -1.00 e. The quantitative estimate of drug-likeness (QED) is 0.258. The fourth-order valence-corrected chi connectivity index (χ4v) is 27.0. The van der Waals surface area contributed by atoms with Gasteiger partial charge in [0.2, 0.25) is 0 Å². The van der Waals surface area contributed by atoms with Gasteiger partial charge in [0.05, 0.1) is 0 Å². The molecule has 0 fully saturated rings. The van der Waals surface area contributed by atoms with E-state index in [-0.39, 0.29) is 31.5 Å². The van der Waals surface area contributed by atoms with E-state index >= 15 is 0 Å². The molecule has 4 heteroatoms. The molecule has 0 N–H and O–H groups in total. The van der Waals surface area contributed by atoms with Crippen LogP contribution in [0.1, 0.15) is 70.0 Å². The van der Waals surface area contributed by atoms with E-state index in [0.717, 1.165) is 0 Å². The summed E-state index contributed by atoms with van der Waals surface area (Å²) in [4.78, 5) is 0. The van der Waals surface area contributed by atoms with Crippen LogP contribution >= 0.6 is 0 Å². The van der Waals surface area contributed by atoms with Crippen molar-refractivity contribution in [3.05, 3.63) is 130 Å². The van der Waals surface area contributed by atoms with Gasteiger partial charge in [0, 0.05) is 0 Å². The molecule has 0 amide bonds. The normalized spacial score (nSPS) is 16.4. The van der Waals surface area contributed by atoms with E-state index in [9.17, 15) is 0 Å². The number of fused-ring (bicyclic) bond motifs is 2. The van der Waals surface area contributed by atoms with Gasteiger partial charge in [-0.1, -0.05) is 13.8 Å². The van der Waals surface area contributed by atoms with Crippen molar-refractivity contribution in [2.45, 2.75) is 54.3 Å². The molecule has 4 aromatic rings. The molecular weight excluding hydrogens is 635 g/mol. The van der Waals surface area contributed by atoms with Crippen molar-refractivity contribution in [1.29, 1.82) is 0 Å². The Morgan fingerprint density at radius 1 is 0.561 bits per heavy atom. The molecule has 0 radical (unpaired) electrons. The van der Waals surface area contributed by atoms with E-state index in [2.05, 4.69) is 130 Å². The van der Waals surface area contributed by atoms with E-state index in [1.54, 1.807) is 22.3 Å². The molecule has 2 aliphatic carbocycles. The molecule has 4 aromatic carbocycles. The number of halogens is 2. The van der Waals surface area contributed by atoms with Crippen molar-refractivity contribution in [2.24, 2.45) is 0 Å². The summed E-state index contributed by atoms with van der Waals surface area (Å²) in [7, 11) is 0. The zero-order valence-electron chi connectivity index (χ0n) is 24.9. The van der Waals surface area contributed by atoms with Crippen LogP contribution in [0.5, 0.6) is 0 Å². The maximum absolute atomic E-state index is 2.63. The van der Waals surface area contributed by atoms with Crippen LogP contribution in [0.15, 0.2) is 108 Å². The van der Waals surface area contributed by atoms with Gasteiger partial charge in [0.1, 0.15) is 0 Å². The average molecular weight is 676 g/mol. The molecule has 2 atom stereocenters. The summed E-state index contributed by atoms with van der Waals surface area (Å²) in [5.74, 6) is 0. The average Bonchev–Trinajstić information content (AvgIpc) is 3.58. The van der Waals surface area contributed by atoms with Crippen LogP contribution in [0, 0.1) is 0 Å². The topological polar surface area (TPSA) is 0 Å². The third-order valence-electron chi connectivity index (χ3n) is 8.44. The van der Waals surface area contributed by atoms with Crippen LogP contribution in [0.25, 0.3) is 34.4 Å². The first kappa shape index (κ1) is 33.5. The Labute approximate surface area is 269 Å². The summed E-state index contributed by atoms with van der Waals surface area (Å²) in [6, 6.07) is 36.3. The summed E-state index contributed by atoms with van der Waals surface area (Å²) in [6.45, 7) is 11.3. The van der Waals surface area contributed by atoms with Crippen LogP contribution < -0.4 is 24.8 Å². The van der Waals surface area contributed by atoms with Crippen molar-refractivity contribution in [3.63, 3.8) is 0 Å². The predicted octanol–water partition coefficient (Wildman–Crippen LogP) is 4.20. The molecule has 0 aliphatic heterocycles. The van der Waals surface area contributed by atoms with Crippen molar-refractivity contribution < 1.29 is 45.7 Å². The van der Waals surface area contributed by atoms with Crippen molar-refractivity contribution in [3.8, 4) is 22.3 Å². The van der Waals surface area contributed by atoms with Crippen LogP contribution in [0.4, 0.5) is 0 Å². The maximum atomic E-state index is 2.63. The van der Waals surface area contributed by atoms with Crippen LogP contribution in [-0.4, -0.2) is 6.65 Å². The number of hydrogen-bond donors (Lipinski definition) is 0. The zero-order chi connectivity index (χ0) is 27.4. The third-order valence-corrected chi connectivity index (χ3v) is 27.1. The first-order valence-electron chi connectivity index (χ1n) is 14.9. The Morgan fingerprint density at radius 2 is 0.951 bits per heavy atom. The van der Waals surface area contributed by atoms with Crippen molar-refractivity contribution in [2.75, 3.05) is 0 Å². The summed E-state index contributed by atoms with van der Waals surface area (Å²) >= 11 is -1.94. The Kier molecular flexibility index (Phi) is 12.7. The van der Waals surface area contributed by atoms with E-state index in [0.29, 0.717) is 7.25 Å². The number of benzene rings is 4. The first-order valence-corrected chi connectivity index (χ1v) is 25.1. The third kappa shape index (κ3) is 6.37. The fraction of sp³-hybridized carbons (Fsp3) is 0.243. The Morgan fingerprint density at radius 3 is 1.29 bits per heavy atom. The molecule has 0 saturated carbocycles. The van der Waals surface area contributed by atoms with Gasteiger partial charge in [-0.05, 0) is 0 Å². The van der Waals surface area contributed by atoms with E-state index in [4.69, 9.17) is 0 Å². The molecule has 2 unspecified atom stereocenters. The minimum Gasteiger partial charge on any atom is -1.00 e. The number of hydrogen-bond acceptors (Lipinski definition) is 0. The molecule has 0 bridgehead atoms.